The smallest absolute Gasteiger partial charge is 0.294 e. The average Bonchev–Trinajstić information content (AvgIpc) is 2.69. The van der Waals surface area contributed by atoms with Crippen LogP contribution in [0.4, 0.5) is 11.6 Å². The quantitative estimate of drug-likeness (QED) is 0.847. The summed E-state index contributed by atoms with van der Waals surface area (Å²) in [6.07, 6.45) is 0. The van der Waals surface area contributed by atoms with Gasteiger partial charge in [0.15, 0.2) is 5.69 Å². The molecule has 0 aliphatic rings. The van der Waals surface area contributed by atoms with Crippen LogP contribution in [0.15, 0.2) is 21.1 Å². The number of nitrogens with zero attached hydrogens (tertiary/aromatic N) is 5. The molecule has 0 radical (unpaired) electrons. The highest BCUT2D eigenvalue weighted by Crippen LogP contribution is 2.21. The Morgan fingerprint density at radius 2 is 1.80 bits per heavy atom. The van der Waals surface area contributed by atoms with Crippen molar-refractivity contribution in [3.05, 3.63) is 22.1 Å². The molecule has 9 heteroatoms. The number of aromatic amines is 1. The molecule has 0 fully saturated rings. The van der Waals surface area contributed by atoms with Crippen LogP contribution in [0.25, 0.3) is 0 Å². The SMILES string of the molecule is COc1cc(OC)nc(N=Nc2c(C)[nH]n(C)c2=O)n1. The maximum Gasteiger partial charge on any atom is 0.294 e. The molecule has 0 saturated carbocycles. The summed E-state index contributed by atoms with van der Waals surface area (Å²) in [7, 11) is 4.53. The van der Waals surface area contributed by atoms with E-state index >= 15 is 0 Å². The second-order valence-electron chi connectivity index (χ2n) is 3.90. The molecule has 1 N–H and O–H groups in total. The molecule has 9 nitrogen and oxygen atoms in total. The maximum absolute atomic E-state index is 11.7. The molecule has 2 heterocycles. The first-order chi connectivity index (χ1) is 9.55. The second kappa shape index (κ2) is 5.51. The summed E-state index contributed by atoms with van der Waals surface area (Å²) in [4.78, 5) is 19.7. The molecule has 0 amide bonds. The van der Waals surface area contributed by atoms with Crippen LogP contribution < -0.4 is 15.0 Å². The van der Waals surface area contributed by atoms with Crippen molar-refractivity contribution in [2.45, 2.75) is 6.92 Å². The van der Waals surface area contributed by atoms with Crippen molar-refractivity contribution >= 4 is 11.6 Å². The van der Waals surface area contributed by atoms with Crippen molar-refractivity contribution in [1.29, 1.82) is 0 Å². The number of aryl methyl sites for hydroxylation is 2. The molecule has 0 atom stereocenters. The molecule has 0 aliphatic carbocycles. The van der Waals surface area contributed by atoms with Gasteiger partial charge in [-0.2, -0.15) is 9.97 Å². The highest BCUT2D eigenvalue weighted by Gasteiger charge is 2.09. The van der Waals surface area contributed by atoms with E-state index in [1.165, 1.54) is 25.0 Å². The molecular formula is C11H14N6O3. The lowest BCUT2D eigenvalue weighted by Gasteiger charge is -2.02. The van der Waals surface area contributed by atoms with E-state index in [9.17, 15) is 4.79 Å². The number of hydrogen-bond donors (Lipinski definition) is 1. The molecule has 2 aromatic rings. The predicted octanol–water partition coefficient (Wildman–Crippen LogP) is 1.24. The van der Waals surface area contributed by atoms with Gasteiger partial charge in [0.2, 0.25) is 11.8 Å². The number of aromatic nitrogens is 4. The molecule has 0 bridgehead atoms. The minimum Gasteiger partial charge on any atom is -0.481 e. The summed E-state index contributed by atoms with van der Waals surface area (Å²) in [5.74, 6) is 0.637. The van der Waals surface area contributed by atoms with E-state index in [2.05, 4.69) is 25.3 Å². The Kier molecular flexibility index (Phi) is 3.78. The fourth-order valence-electron chi connectivity index (χ4n) is 1.53. The van der Waals surface area contributed by atoms with E-state index in [1.807, 2.05) is 0 Å². The predicted molar refractivity (Wildman–Crippen MR) is 70.1 cm³/mol. The first kappa shape index (κ1) is 13.7. The van der Waals surface area contributed by atoms with Crippen molar-refractivity contribution in [2.75, 3.05) is 14.2 Å². The van der Waals surface area contributed by atoms with Crippen LogP contribution in [0, 0.1) is 6.92 Å². The fraction of sp³-hybridized carbons (Fsp3) is 0.364. The molecule has 0 aliphatic heterocycles. The van der Waals surface area contributed by atoms with Crippen LogP contribution in [0.1, 0.15) is 5.69 Å². The lowest BCUT2D eigenvalue weighted by Crippen LogP contribution is -2.10. The van der Waals surface area contributed by atoms with Crippen LogP contribution in [0.5, 0.6) is 11.8 Å². The third-order valence-corrected chi connectivity index (χ3v) is 2.52. The number of azo groups is 1. The summed E-state index contributed by atoms with van der Waals surface area (Å²) >= 11 is 0. The lowest BCUT2D eigenvalue weighted by atomic mass is 10.4. The van der Waals surface area contributed by atoms with Gasteiger partial charge in [0.1, 0.15) is 0 Å². The van der Waals surface area contributed by atoms with Gasteiger partial charge in [-0.15, -0.1) is 10.2 Å². The van der Waals surface area contributed by atoms with E-state index in [1.54, 1.807) is 14.0 Å². The van der Waals surface area contributed by atoms with Gasteiger partial charge in [0.25, 0.3) is 11.5 Å². The van der Waals surface area contributed by atoms with Gasteiger partial charge in [-0.25, -0.2) is 0 Å². The Labute approximate surface area is 114 Å². The molecule has 0 unspecified atom stereocenters. The molecule has 2 rings (SSSR count). The molecule has 106 valence electrons. The van der Waals surface area contributed by atoms with Crippen molar-refractivity contribution in [1.82, 2.24) is 19.7 Å². The van der Waals surface area contributed by atoms with E-state index in [0.29, 0.717) is 17.5 Å². The zero-order valence-corrected chi connectivity index (χ0v) is 11.5. The topological polar surface area (TPSA) is 107 Å². The van der Waals surface area contributed by atoms with E-state index < -0.39 is 0 Å². The maximum atomic E-state index is 11.7. The number of ether oxygens (including phenoxy) is 2. The van der Waals surface area contributed by atoms with E-state index in [-0.39, 0.29) is 17.2 Å². The molecule has 0 spiro atoms. The van der Waals surface area contributed by atoms with Crippen LogP contribution in [0.3, 0.4) is 0 Å². The van der Waals surface area contributed by atoms with Gasteiger partial charge < -0.3 is 9.47 Å². The highest BCUT2D eigenvalue weighted by atomic mass is 16.5. The van der Waals surface area contributed by atoms with Gasteiger partial charge in [-0.1, -0.05) is 0 Å². The Hall–Kier alpha value is -2.71. The van der Waals surface area contributed by atoms with E-state index in [4.69, 9.17) is 9.47 Å². The Morgan fingerprint density at radius 3 is 2.25 bits per heavy atom. The molecule has 2 aromatic heterocycles. The van der Waals surface area contributed by atoms with Crippen molar-refractivity contribution in [2.24, 2.45) is 17.3 Å². The Morgan fingerprint density at radius 1 is 1.20 bits per heavy atom. The van der Waals surface area contributed by atoms with Crippen LogP contribution in [-0.2, 0) is 7.05 Å². The van der Waals surface area contributed by atoms with Crippen LogP contribution in [-0.4, -0.2) is 34.0 Å². The Balaban J connectivity index is 2.38. The molecule has 0 aromatic carbocycles. The van der Waals surface area contributed by atoms with Crippen molar-refractivity contribution in [3.8, 4) is 11.8 Å². The molecule has 0 saturated heterocycles. The highest BCUT2D eigenvalue weighted by molar-refractivity contribution is 5.39. The van der Waals surface area contributed by atoms with Gasteiger partial charge in [-0.3, -0.25) is 14.6 Å². The third-order valence-electron chi connectivity index (χ3n) is 2.52. The van der Waals surface area contributed by atoms with Crippen molar-refractivity contribution < 1.29 is 9.47 Å². The second-order valence-corrected chi connectivity index (χ2v) is 3.90. The summed E-state index contributed by atoms with van der Waals surface area (Å²) in [6.45, 7) is 1.72. The number of rotatable bonds is 4. The van der Waals surface area contributed by atoms with Crippen LogP contribution >= 0.6 is 0 Å². The molecular weight excluding hydrogens is 264 g/mol. The number of hydrogen-bond acceptors (Lipinski definition) is 7. The summed E-state index contributed by atoms with van der Waals surface area (Å²) in [5, 5.41) is 10.5. The summed E-state index contributed by atoms with van der Waals surface area (Å²) in [6, 6.07) is 1.51. The molecule has 20 heavy (non-hydrogen) atoms. The number of methoxy groups -OCH3 is 2. The fourth-order valence-corrected chi connectivity index (χ4v) is 1.53. The largest absolute Gasteiger partial charge is 0.481 e. The first-order valence-corrected chi connectivity index (χ1v) is 5.69. The Bertz CT molecular complexity index is 680. The first-order valence-electron chi connectivity index (χ1n) is 5.69. The normalized spacial score (nSPS) is 11.0. The van der Waals surface area contributed by atoms with Gasteiger partial charge in [-0.05, 0) is 6.92 Å². The number of H-pyrrole nitrogens is 1. The van der Waals surface area contributed by atoms with Gasteiger partial charge in [0, 0.05) is 7.05 Å². The lowest BCUT2D eigenvalue weighted by molar-refractivity contribution is 0.372. The van der Waals surface area contributed by atoms with E-state index in [0.717, 1.165) is 0 Å². The van der Waals surface area contributed by atoms with Gasteiger partial charge in [0.05, 0.1) is 26.0 Å². The standard InChI is InChI=1S/C11H14N6O3/c1-6-9(10(18)17(2)16-6)14-15-11-12-7(19-3)5-8(13-11)20-4/h5,16H,1-4H3. The van der Waals surface area contributed by atoms with Crippen molar-refractivity contribution in [3.63, 3.8) is 0 Å². The zero-order valence-electron chi connectivity index (χ0n) is 11.5. The third kappa shape index (κ3) is 2.66. The zero-order chi connectivity index (χ0) is 14.7. The number of nitrogens with one attached hydrogen (secondary N) is 1. The van der Waals surface area contributed by atoms with Crippen LogP contribution in [0.2, 0.25) is 0 Å². The minimum atomic E-state index is -0.277. The minimum absolute atomic E-state index is 0.0452. The summed E-state index contributed by atoms with van der Waals surface area (Å²) < 4.78 is 11.3. The summed E-state index contributed by atoms with van der Waals surface area (Å²) in [5.41, 5.74) is 0.537. The average molecular weight is 278 g/mol. The monoisotopic (exact) mass is 278 g/mol. The van der Waals surface area contributed by atoms with Gasteiger partial charge >= 0.3 is 0 Å².